The van der Waals surface area contributed by atoms with Crippen LogP contribution < -0.4 is 10.6 Å². The molecule has 0 fully saturated rings. The zero-order chi connectivity index (χ0) is 13.1. The normalized spacial score (nSPS) is 9.53. The monoisotopic (exact) mass is 244 g/mol. The van der Waals surface area contributed by atoms with Crippen molar-refractivity contribution in [3.8, 4) is 0 Å². The number of nitrogens with one attached hydrogen (secondary N) is 2. The van der Waals surface area contributed by atoms with Gasteiger partial charge in [0, 0.05) is 25.8 Å². The predicted octanol–water partition coefficient (Wildman–Crippen LogP) is 0.441. The SMILES string of the molecule is C=C(C)C(=O)OCCNC(=O)NCCCOC. The first-order valence-electron chi connectivity index (χ1n) is 5.41. The van der Waals surface area contributed by atoms with Gasteiger partial charge in [0.25, 0.3) is 0 Å². The third-order valence-electron chi connectivity index (χ3n) is 1.78. The summed E-state index contributed by atoms with van der Waals surface area (Å²) >= 11 is 0. The van der Waals surface area contributed by atoms with E-state index in [-0.39, 0.29) is 19.2 Å². The van der Waals surface area contributed by atoms with Gasteiger partial charge in [0.05, 0.1) is 6.54 Å². The van der Waals surface area contributed by atoms with Crippen molar-refractivity contribution in [3.05, 3.63) is 12.2 Å². The summed E-state index contributed by atoms with van der Waals surface area (Å²) < 4.78 is 9.63. The number of urea groups is 1. The van der Waals surface area contributed by atoms with E-state index in [0.29, 0.717) is 18.7 Å². The lowest BCUT2D eigenvalue weighted by Crippen LogP contribution is -2.38. The largest absolute Gasteiger partial charge is 0.460 e. The van der Waals surface area contributed by atoms with E-state index in [2.05, 4.69) is 17.2 Å². The van der Waals surface area contributed by atoms with Gasteiger partial charge in [-0.2, -0.15) is 0 Å². The highest BCUT2D eigenvalue weighted by Crippen LogP contribution is 1.90. The van der Waals surface area contributed by atoms with Crippen LogP contribution in [0.1, 0.15) is 13.3 Å². The fraction of sp³-hybridized carbons (Fsp3) is 0.636. The van der Waals surface area contributed by atoms with Crippen LogP contribution in [-0.4, -0.2) is 45.4 Å². The van der Waals surface area contributed by atoms with Gasteiger partial charge < -0.3 is 20.1 Å². The van der Waals surface area contributed by atoms with Gasteiger partial charge in [-0.25, -0.2) is 9.59 Å². The number of esters is 1. The Kier molecular flexibility index (Phi) is 8.77. The minimum atomic E-state index is -0.452. The third kappa shape index (κ3) is 9.37. The number of hydrogen-bond acceptors (Lipinski definition) is 4. The second kappa shape index (κ2) is 9.65. The number of carbonyl (C=O) groups excluding carboxylic acids is 2. The van der Waals surface area contributed by atoms with Gasteiger partial charge in [-0.3, -0.25) is 0 Å². The van der Waals surface area contributed by atoms with Gasteiger partial charge in [0.1, 0.15) is 6.61 Å². The number of methoxy groups -OCH3 is 1. The quantitative estimate of drug-likeness (QED) is 0.369. The Morgan fingerprint density at radius 1 is 1.18 bits per heavy atom. The summed E-state index contributed by atoms with van der Waals surface area (Å²) in [6.07, 6.45) is 0.758. The van der Waals surface area contributed by atoms with E-state index < -0.39 is 5.97 Å². The topological polar surface area (TPSA) is 76.7 Å². The molecule has 0 unspecified atom stereocenters. The van der Waals surface area contributed by atoms with Gasteiger partial charge in [-0.1, -0.05) is 6.58 Å². The highest BCUT2D eigenvalue weighted by Gasteiger charge is 2.03. The lowest BCUT2D eigenvalue weighted by atomic mass is 10.4. The second-order valence-electron chi connectivity index (χ2n) is 3.45. The van der Waals surface area contributed by atoms with Crippen molar-refractivity contribution in [2.45, 2.75) is 13.3 Å². The number of carbonyl (C=O) groups is 2. The first-order chi connectivity index (χ1) is 8.07. The van der Waals surface area contributed by atoms with Crippen molar-refractivity contribution >= 4 is 12.0 Å². The van der Waals surface area contributed by atoms with Gasteiger partial charge in [-0.15, -0.1) is 0 Å². The maximum absolute atomic E-state index is 11.2. The van der Waals surface area contributed by atoms with Crippen LogP contribution in [0.15, 0.2) is 12.2 Å². The molecule has 0 aliphatic carbocycles. The third-order valence-corrected chi connectivity index (χ3v) is 1.78. The minimum absolute atomic E-state index is 0.136. The minimum Gasteiger partial charge on any atom is -0.460 e. The molecule has 17 heavy (non-hydrogen) atoms. The van der Waals surface area contributed by atoms with E-state index >= 15 is 0 Å². The highest BCUT2D eigenvalue weighted by atomic mass is 16.5. The maximum Gasteiger partial charge on any atom is 0.333 e. The summed E-state index contributed by atoms with van der Waals surface area (Å²) in [5, 5.41) is 5.20. The first-order valence-corrected chi connectivity index (χ1v) is 5.41. The Balaban J connectivity index is 3.39. The summed E-state index contributed by atoms with van der Waals surface area (Å²) in [6.45, 7) is 6.57. The first kappa shape index (κ1) is 15.4. The van der Waals surface area contributed by atoms with Crippen LogP contribution in [0.4, 0.5) is 4.79 Å². The smallest absolute Gasteiger partial charge is 0.333 e. The van der Waals surface area contributed by atoms with Crippen molar-refractivity contribution in [3.63, 3.8) is 0 Å². The van der Waals surface area contributed by atoms with Crippen LogP contribution in [0.3, 0.4) is 0 Å². The molecule has 0 atom stereocenters. The molecule has 0 aliphatic rings. The number of amides is 2. The van der Waals surface area contributed by atoms with Crippen molar-refractivity contribution in [2.75, 3.05) is 33.4 Å². The van der Waals surface area contributed by atoms with Crippen LogP contribution >= 0.6 is 0 Å². The van der Waals surface area contributed by atoms with Gasteiger partial charge in [-0.05, 0) is 13.3 Å². The maximum atomic E-state index is 11.2. The number of rotatable bonds is 8. The predicted molar refractivity (Wildman–Crippen MR) is 63.7 cm³/mol. The number of ether oxygens (including phenoxy) is 2. The standard InChI is InChI=1S/C11H20N2O4/c1-9(2)10(14)17-8-6-13-11(15)12-5-4-7-16-3/h1,4-8H2,2-3H3,(H2,12,13,15). The molecule has 0 aliphatic heterocycles. The van der Waals surface area contributed by atoms with E-state index in [1.165, 1.54) is 0 Å². The van der Waals surface area contributed by atoms with Crippen molar-refractivity contribution in [2.24, 2.45) is 0 Å². The molecule has 0 bridgehead atoms. The molecular weight excluding hydrogens is 224 g/mol. The van der Waals surface area contributed by atoms with Crippen LogP contribution in [0.2, 0.25) is 0 Å². The summed E-state index contributed by atoms with van der Waals surface area (Å²) in [6, 6.07) is -0.285. The molecular formula is C11H20N2O4. The molecule has 0 aromatic heterocycles. The Hall–Kier alpha value is -1.56. The van der Waals surface area contributed by atoms with Crippen LogP contribution in [-0.2, 0) is 14.3 Å². The molecule has 0 rings (SSSR count). The molecule has 2 N–H and O–H groups in total. The van der Waals surface area contributed by atoms with E-state index in [1.54, 1.807) is 14.0 Å². The fourth-order valence-corrected chi connectivity index (χ4v) is 0.912. The second-order valence-corrected chi connectivity index (χ2v) is 3.45. The average Bonchev–Trinajstić information content (AvgIpc) is 2.29. The fourth-order valence-electron chi connectivity index (χ4n) is 0.912. The molecule has 0 aromatic carbocycles. The molecule has 0 aromatic rings. The highest BCUT2D eigenvalue weighted by molar-refractivity contribution is 5.86. The zero-order valence-corrected chi connectivity index (χ0v) is 10.4. The van der Waals surface area contributed by atoms with E-state index in [4.69, 9.17) is 9.47 Å². The summed E-state index contributed by atoms with van der Waals surface area (Å²) in [7, 11) is 1.61. The van der Waals surface area contributed by atoms with Crippen LogP contribution in [0.25, 0.3) is 0 Å². The Morgan fingerprint density at radius 3 is 2.41 bits per heavy atom. The van der Waals surface area contributed by atoms with E-state index in [0.717, 1.165) is 6.42 Å². The summed E-state index contributed by atoms with van der Waals surface area (Å²) in [5.74, 6) is -0.452. The molecule has 98 valence electrons. The van der Waals surface area contributed by atoms with Crippen molar-refractivity contribution in [1.29, 1.82) is 0 Å². The summed E-state index contributed by atoms with van der Waals surface area (Å²) in [5.41, 5.74) is 0.342. The van der Waals surface area contributed by atoms with Gasteiger partial charge in [0.2, 0.25) is 0 Å². The molecule has 2 amide bonds. The van der Waals surface area contributed by atoms with E-state index in [9.17, 15) is 9.59 Å². The van der Waals surface area contributed by atoms with Crippen molar-refractivity contribution < 1.29 is 19.1 Å². The Bertz CT molecular complexity index is 266. The number of hydrogen-bond donors (Lipinski definition) is 2. The molecule has 0 saturated heterocycles. The molecule has 6 heteroatoms. The van der Waals surface area contributed by atoms with Gasteiger partial charge in [0.15, 0.2) is 0 Å². The van der Waals surface area contributed by atoms with Crippen LogP contribution in [0, 0.1) is 0 Å². The molecule has 0 spiro atoms. The Morgan fingerprint density at radius 2 is 1.82 bits per heavy atom. The molecule has 0 heterocycles. The van der Waals surface area contributed by atoms with Crippen molar-refractivity contribution in [1.82, 2.24) is 10.6 Å². The van der Waals surface area contributed by atoms with E-state index in [1.807, 2.05) is 0 Å². The zero-order valence-electron chi connectivity index (χ0n) is 10.4. The molecule has 0 saturated carbocycles. The lowest BCUT2D eigenvalue weighted by Gasteiger charge is -2.08. The van der Waals surface area contributed by atoms with Crippen LogP contribution in [0.5, 0.6) is 0 Å². The lowest BCUT2D eigenvalue weighted by molar-refractivity contribution is -0.138. The molecule has 6 nitrogen and oxygen atoms in total. The average molecular weight is 244 g/mol. The summed E-state index contributed by atoms with van der Waals surface area (Å²) in [4.78, 5) is 22.1. The Labute approximate surface area is 101 Å². The molecule has 0 radical (unpaired) electrons. The van der Waals surface area contributed by atoms with Gasteiger partial charge >= 0.3 is 12.0 Å².